The molecule has 0 aromatic heterocycles. The van der Waals surface area contributed by atoms with Gasteiger partial charge in [-0.15, -0.1) is 0 Å². The normalized spacial score (nSPS) is 11.6. The van der Waals surface area contributed by atoms with Gasteiger partial charge in [0.2, 0.25) is 0 Å². The van der Waals surface area contributed by atoms with Crippen LogP contribution < -0.4 is 0 Å². The molecule has 0 heterocycles. The van der Waals surface area contributed by atoms with Crippen LogP contribution in [0.15, 0.2) is 24.3 Å². The van der Waals surface area contributed by atoms with Gasteiger partial charge in [0.05, 0.1) is 0 Å². The molecule has 2 aromatic carbocycles. The standard InChI is InChI=1S/C24H32GeO2/c1-9-25(10-2,23(26)21-17(5)11-15(3)12-18(21)6)24(27)22-19(7)13-16(4)14-20(22)8/h11-14H,9-10H2,1-8H3. The zero-order valence-electron chi connectivity index (χ0n) is 18.0. The average molecular weight is 425 g/mol. The van der Waals surface area contributed by atoms with Gasteiger partial charge < -0.3 is 0 Å². The van der Waals surface area contributed by atoms with E-state index in [0.29, 0.717) is 10.5 Å². The van der Waals surface area contributed by atoms with Crippen LogP contribution >= 0.6 is 0 Å². The molecule has 144 valence electrons. The number of aryl methyl sites for hydroxylation is 6. The average Bonchev–Trinajstić information content (AvgIpc) is 2.54. The van der Waals surface area contributed by atoms with E-state index in [9.17, 15) is 9.59 Å². The third kappa shape index (κ3) is 3.82. The third-order valence-electron chi connectivity index (χ3n) is 5.88. The molecule has 0 atom stereocenters. The van der Waals surface area contributed by atoms with E-state index in [1.807, 2.05) is 55.4 Å². The quantitative estimate of drug-likeness (QED) is 0.519. The summed E-state index contributed by atoms with van der Waals surface area (Å²) in [5.41, 5.74) is 7.90. The second-order valence-corrected chi connectivity index (χ2v) is 17.4. The second kappa shape index (κ2) is 8.14. The first-order chi connectivity index (χ1) is 12.6. The van der Waals surface area contributed by atoms with Crippen LogP contribution in [0.5, 0.6) is 0 Å². The summed E-state index contributed by atoms with van der Waals surface area (Å²) in [6.07, 6.45) is 0. The Bertz CT molecular complexity index is 787. The molecular formula is C24H32GeO2. The summed E-state index contributed by atoms with van der Waals surface area (Å²) >= 11 is -3.52. The van der Waals surface area contributed by atoms with Gasteiger partial charge in [0.1, 0.15) is 0 Å². The van der Waals surface area contributed by atoms with Crippen LogP contribution in [0, 0.1) is 41.5 Å². The summed E-state index contributed by atoms with van der Waals surface area (Å²) in [5.74, 6) is 0. The van der Waals surface area contributed by atoms with E-state index in [1.165, 1.54) is 0 Å². The zero-order chi connectivity index (χ0) is 20.5. The predicted molar refractivity (Wildman–Crippen MR) is 117 cm³/mol. The van der Waals surface area contributed by atoms with Crippen LogP contribution in [0.2, 0.25) is 10.5 Å². The Labute approximate surface area is 166 Å². The topological polar surface area (TPSA) is 34.1 Å². The van der Waals surface area contributed by atoms with Gasteiger partial charge >= 0.3 is 167 Å². The van der Waals surface area contributed by atoms with Crippen molar-refractivity contribution < 1.29 is 9.59 Å². The molecule has 0 unspecified atom stereocenters. The van der Waals surface area contributed by atoms with Gasteiger partial charge in [-0.05, 0) is 0 Å². The monoisotopic (exact) mass is 426 g/mol. The van der Waals surface area contributed by atoms with Crippen molar-refractivity contribution in [3.05, 3.63) is 68.8 Å². The molecule has 2 nitrogen and oxygen atoms in total. The molecule has 0 saturated carbocycles. The number of hydrogen-bond acceptors (Lipinski definition) is 2. The van der Waals surface area contributed by atoms with E-state index in [4.69, 9.17) is 0 Å². The Morgan fingerprint density at radius 3 is 1.11 bits per heavy atom. The van der Waals surface area contributed by atoms with Crippen LogP contribution in [-0.4, -0.2) is 22.5 Å². The first kappa shape index (κ1) is 21.6. The molecule has 0 aliphatic heterocycles. The molecule has 0 amide bonds. The fourth-order valence-electron chi connectivity index (χ4n) is 4.55. The summed E-state index contributed by atoms with van der Waals surface area (Å²) in [6.45, 7) is 16.2. The summed E-state index contributed by atoms with van der Waals surface area (Å²) in [5, 5.41) is 1.38. The molecule has 0 spiro atoms. The molecule has 0 saturated heterocycles. The Balaban J connectivity index is 2.69. The minimum absolute atomic E-state index is 0.152. The molecule has 2 aromatic rings. The fourth-order valence-corrected chi connectivity index (χ4v) is 12.4. The van der Waals surface area contributed by atoms with Gasteiger partial charge in [-0.25, -0.2) is 0 Å². The van der Waals surface area contributed by atoms with Crippen molar-refractivity contribution in [3.8, 4) is 0 Å². The summed E-state index contributed by atoms with van der Waals surface area (Å²) in [7, 11) is 0. The molecule has 0 N–H and O–H groups in total. The van der Waals surface area contributed by atoms with Crippen LogP contribution in [0.4, 0.5) is 0 Å². The molecule has 27 heavy (non-hydrogen) atoms. The van der Waals surface area contributed by atoms with Gasteiger partial charge in [-0.3, -0.25) is 0 Å². The van der Waals surface area contributed by atoms with Crippen LogP contribution in [0.25, 0.3) is 0 Å². The molecule has 0 radical (unpaired) electrons. The van der Waals surface area contributed by atoms with Crippen LogP contribution in [0.3, 0.4) is 0 Å². The van der Waals surface area contributed by atoms with E-state index in [1.54, 1.807) is 0 Å². The number of hydrogen-bond donors (Lipinski definition) is 0. The summed E-state index contributed by atoms with van der Waals surface area (Å²) in [6, 6.07) is 8.24. The fraction of sp³-hybridized carbons (Fsp3) is 0.417. The maximum atomic E-state index is 13.8. The van der Waals surface area contributed by atoms with E-state index in [0.717, 1.165) is 44.5 Å². The molecule has 0 aliphatic carbocycles. The maximum absolute atomic E-state index is 13.8. The first-order valence-corrected chi connectivity index (χ1v) is 14.9. The second-order valence-electron chi connectivity index (χ2n) is 7.99. The van der Waals surface area contributed by atoms with Gasteiger partial charge in [-0.2, -0.15) is 0 Å². The molecule has 2 rings (SSSR count). The molecule has 0 bridgehead atoms. The molecule has 0 aliphatic rings. The molecule has 0 fully saturated rings. The van der Waals surface area contributed by atoms with E-state index in [-0.39, 0.29) is 9.23 Å². The SMILES string of the molecule is C[CH2][Ge]([CH2]C)([C](=O)c1c(C)cc(C)cc1C)[C](=O)c1c(C)cc(C)cc1C. The number of rotatable bonds is 6. The van der Waals surface area contributed by atoms with E-state index in [2.05, 4.69) is 24.3 Å². The number of carbonyl (C=O) groups excluding carboxylic acids is 2. The van der Waals surface area contributed by atoms with Crippen LogP contribution in [-0.2, 0) is 0 Å². The van der Waals surface area contributed by atoms with Crippen molar-refractivity contribution in [2.45, 2.75) is 65.9 Å². The van der Waals surface area contributed by atoms with Crippen molar-refractivity contribution in [1.82, 2.24) is 0 Å². The molecule has 3 heteroatoms. The Hall–Kier alpha value is -1.68. The summed E-state index contributed by atoms with van der Waals surface area (Å²) in [4.78, 5) is 27.7. The van der Waals surface area contributed by atoms with Crippen molar-refractivity contribution in [1.29, 1.82) is 0 Å². The number of benzene rings is 2. The first-order valence-electron chi connectivity index (χ1n) is 9.84. The minimum atomic E-state index is -3.52. The Morgan fingerprint density at radius 2 is 0.889 bits per heavy atom. The third-order valence-corrected chi connectivity index (χ3v) is 15.6. The predicted octanol–water partition coefficient (Wildman–Crippen LogP) is 6.17. The summed E-state index contributed by atoms with van der Waals surface area (Å²) < 4.78 is 0.304. The number of carbonyl (C=O) groups is 2. The molecular weight excluding hydrogens is 393 g/mol. The van der Waals surface area contributed by atoms with Gasteiger partial charge in [0.15, 0.2) is 0 Å². The van der Waals surface area contributed by atoms with Crippen molar-refractivity contribution in [3.63, 3.8) is 0 Å². The Kier molecular flexibility index (Phi) is 6.52. The van der Waals surface area contributed by atoms with Gasteiger partial charge in [0, 0.05) is 0 Å². The zero-order valence-corrected chi connectivity index (χ0v) is 20.1. The Morgan fingerprint density at radius 1 is 0.630 bits per heavy atom. The van der Waals surface area contributed by atoms with Gasteiger partial charge in [0.25, 0.3) is 0 Å². The van der Waals surface area contributed by atoms with Crippen molar-refractivity contribution in [2.75, 3.05) is 0 Å². The van der Waals surface area contributed by atoms with Crippen molar-refractivity contribution in [2.24, 2.45) is 0 Å². The van der Waals surface area contributed by atoms with Gasteiger partial charge in [-0.1, -0.05) is 0 Å². The van der Waals surface area contributed by atoms with E-state index < -0.39 is 13.3 Å². The van der Waals surface area contributed by atoms with E-state index >= 15 is 0 Å². The van der Waals surface area contributed by atoms with Crippen molar-refractivity contribution >= 4 is 22.5 Å². The van der Waals surface area contributed by atoms with Crippen LogP contribution in [0.1, 0.15) is 67.9 Å².